The zero-order valence-corrected chi connectivity index (χ0v) is 7.18. The van der Waals surface area contributed by atoms with E-state index in [4.69, 9.17) is 0 Å². The second-order valence-corrected chi connectivity index (χ2v) is 2.70. The smallest absolute Gasteiger partial charge is 0.168 e. The molecule has 0 aliphatic rings. The maximum atomic E-state index is 11.3. The first-order valence-corrected chi connectivity index (χ1v) is 3.48. The highest BCUT2D eigenvalue weighted by molar-refractivity contribution is 5.98. The van der Waals surface area contributed by atoms with Crippen LogP contribution in [0.4, 0.5) is 0 Å². The van der Waals surface area contributed by atoms with E-state index in [1.54, 1.807) is 13.0 Å². The molecule has 0 unspecified atom stereocenters. The van der Waals surface area contributed by atoms with Crippen LogP contribution in [0.3, 0.4) is 0 Å². The molecule has 0 aliphatic heterocycles. The molecule has 1 atom stereocenters. The number of ketones is 1. The third kappa shape index (κ3) is 2.54. The summed E-state index contributed by atoms with van der Waals surface area (Å²) in [5.74, 6) is -0.250. The second kappa shape index (κ2) is 3.91. The molecule has 0 aliphatic carbocycles. The lowest BCUT2D eigenvalue weighted by Crippen LogP contribution is -2.12. The predicted octanol–water partition coefficient (Wildman–Crippen LogP) is 2.51. The van der Waals surface area contributed by atoms with Crippen LogP contribution < -0.4 is 0 Å². The van der Waals surface area contributed by atoms with E-state index in [0.29, 0.717) is 5.57 Å². The largest absolute Gasteiger partial charge is 0.294 e. The Morgan fingerprint density at radius 2 is 1.82 bits per heavy atom. The molecule has 0 N–H and O–H groups in total. The fraction of sp³-hybridized carbons (Fsp3) is 0.300. The van der Waals surface area contributed by atoms with Crippen molar-refractivity contribution in [1.82, 2.24) is 0 Å². The van der Waals surface area contributed by atoms with Gasteiger partial charge in [-0.15, -0.1) is 6.58 Å². The molecule has 0 fully saturated rings. The number of hydrogen-bond acceptors (Lipinski definition) is 1. The predicted molar refractivity (Wildman–Crippen MR) is 48.3 cm³/mol. The SMILES string of the molecule is C=C[C@H](C(=C)C)C(=O)C(=C)C. The number of rotatable bonds is 4. The van der Waals surface area contributed by atoms with Gasteiger partial charge in [0.1, 0.15) is 0 Å². The Morgan fingerprint density at radius 3 is 1.91 bits per heavy atom. The van der Waals surface area contributed by atoms with Gasteiger partial charge in [0.05, 0.1) is 5.92 Å². The maximum Gasteiger partial charge on any atom is 0.168 e. The van der Waals surface area contributed by atoms with E-state index in [2.05, 4.69) is 19.7 Å². The zero-order valence-electron chi connectivity index (χ0n) is 7.18. The van der Waals surface area contributed by atoms with E-state index in [9.17, 15) is 4.79 Å². The Bertz CT molecular complexity index is 211. The van der Waals surface area contributed by atoms with Gasteiger partial charge in [-0.1, -0.05) is 24.8 Å². The summed E-state index contributed by atoms with van der Waals surface area (Å²) < 4.78 is 0. The van der Waals surface area contributed by atoms with Crippen molar-refractivity contribution in [2.45, 2.75) is 13.8 Å². The topological polar surface area (TPSA) is 17.1 Å². The Labute approximate surface area is 68.1 Å². The van der Waals surface area contributed by atoms with Crippen molar-refractivity contribution in [3.8, 4) is 0 Å². The van der Waals surface area contributed by atoms with Crippen molar-refractivity contribution >= 4 is 5.78 Å². The Hall–Kier alpha value is -1.11. The van der Waals surface area contributed by atoms with Gasteiger partial charge in [-0.05, 0) is 19.4 Å². The molecule has 0 rings (SSSR count). The summed E-state index contributed by atoms with van der Waals surface area (Å²) in [5, 5.41) is 0. The van der Waals surface area contributed by atoms with Gasteiger partial charge in [0.25, 0.3) is 0 Å². The minimum atomic E-state index is -0.257. The number of allylic oxidation sites excluding steroid dienone is 3. The normalized spacial score (nSPS) is 11.8. The summed E-state index contributed by atoms with van der Waals surface area (Å²) in [6.07, 6.45) is 1.60. The van der Waals surface area contributed by atoms with Crippen molar-refractivity contribution in [3.63, 3.8) is 0 Å². The average molecular weight is 150 g/mol. The fourth-order valence-electron chi connectivity index (χ4n) is 0.797. The lowest BCUT2D eigenvalue weighted by Gasteiger charge is -2.09. The van der Waals surface area contributed by atoms with Crippen molar-refractivity contribution in [2.24, 2.45) is 5.92 Å². The van der Waals surface area contributed by atoms with E-state index in [-0.39, 0.29) is 11.7 Å². The molecule has 11 heavy (non-hydrogen) atoms. The second-order valence-electron chi connectivity index (χ2n) is 2.70. The molecule has 1 nitrogen and oxygen atoms in total. The molecular formula is C10H14O. The van der Waals surface area contributed by atoms with Gasteiger partial charge in [0.2, 0.25) is 0 Å². The lowest BCUT2D eigenvalue weighted by molar-refractivity contribution is -0.116. The first kappa shape index (κ1) is 9.89. The monoisotopic (exact) mass is 150 g/mol. The first-order chi connectivity index (χ1) is 5.00. The van der Waals surface area contributed by atoms with Crippen molar-refractivity contribution in [3.05, 3.63) is 37.0 Å². The van der Waals surface area contributed by atoms with Gasteiger partial charge in [-0.3, -0.25) is 4.79 Å². The van der Waals surface area contributed by atoms with Gasteiger partial charge in [-0.2, -0.15) is 0 Å². The summed E-state index contributed by atoms with van der Waals surface area (Å²) in [4.78, 5) is 11.3. The van der Waals surface area contributed by atoms with Crippen LogP contribution in [-0.2, 0) is 4.79 Å². The van der Waals surface area contributed by atoms with Crippen LogP contribution in [0.5, 0.6) is 0 Å². The summed E-state index contributed by atoms with van der Waals surface area (Å²) in [6, 6.07) is 0. The molecule has 0 saturated carbocycles. The molecule has 0 aromatic rings. The molecule has 0 bridgehead atoms. The van der Waals surface area contributed by atoms with Crippen molar-refractivity contribution < 1.29 is 4.79 Å². The Kier molecular flexibility index (Phi) is 3.52. The molecule has 0 aromatic carbocycles. The van der Waals surface area contributed by atoms with Crippen LogP contribution in [0.2, 0.25) is 0 Å². The number of carbonyl (C=O) groups is 1. The minimum Gasteiger partial charge on any atom is -0.294 e. The van der Waals surface area contributed by atoms with Crippen LogP contribution in [0.15, 0.2) is 37.0 Å². The molecule has 0 radical (unpaired) electrons. The molecular weight excluding hydrogens is 136 g/mol. The minimum absolute atomic E-state index is 0.00694. The lowest BCUT2D eigenvalue weighted by atomic mass is 9.93. The Balaban J connectivity index is 4.52. The van der Waals surface area contributed by atoms with E-state index >= 15 is 0 Å². The molecule has 60 valence electrons. The van der Waals surface area contributed by atoms with Crippen LogP contribution in [0.25, 0.3) is 0 Å². The van der Waals surface area contributed by atoms with Gasteiger partial charge >= 0.3 is 0 Å². The molecule has 0 heterocycles. The van der Waals surface area contributed by atoms with E-state index < -0.39 is 0 Å². The van der Waals surface area contributed by atoms with Crippen molar-refractivity contribution in [1.29, 1.82) is 0 Å². The number of carbonyl (C=O) groups excluding carboxylic acids is 1. The summed E-state index contributed by atoms with van der Waals surface area (Å²) in [5.41, 5.74) is 1.37. The van der Waals surface area contributed by atoms with Gasteiger partial charge in [0, 0.05) is 0 Å². The first-order valence-electron chi connectivity index (χ1n) is 3.48. The zero-order chi connectivity index (χ0) is 9.02. The van der Waals surface area contributed by atoms with Gasteiger partial charge in [-0.25, -0.2) is 0 Å². The summed E-state index contributed by atoms with van der Waals surface area (Å²) in [7, 11) is 0. The number of hydrogen-bond donors (Lipinski definition) is 0. The Morgan fingerprint density at radius 1 is 1.36 bits per heavy atom. The van der Waals surface area contributed by atoms with Crippen LogP contribution in [0, 0.1) is 5.92 Å². The molecule has 0 aromatic heterocycles. The maximum absolute atomic E-state index is 11.3. The van der Waals surface area contributed by atoms with Gasteiger partial charge in [0.15, 0.2) is 5.78 Å². The summed E-state index contributed by atoms with van der Waals surface area (Å²) in [6.45, 7) is 14.3. The highest BCUT2D eigenvalue weighted by Crippen LogP contribution is 2.14. The molecule has 1 heteroatoms. The van der Waals surface area contributed by atoms with E-state index in [0.717, 1.165) is 5.57 Å². The summed E-state index contributed by atoms with van der Waals surface area (Å²) >= 11 is 0. The highest BCUT2D eigenvalue weighted by Gasteiger charge is 2.14. The molecule has 0 spiro atoms. The van der Waals surface area contributed by atoms with E-state index in [1.165, 1.54) is 0 Å². The molecule has 0 saturated heterocycles. The number of Topliss-reactive ketones (excluding diaryl/α,β-unsaturated/α-hetero) is 1. The third-order valence-corrected chi connectivity index (χ3v) is 1.47. The van der Waals surface area contributed by atoms with Crippen molar-refractivity contribution in [2.75, 3.05) is 0 Å². The molecule has 0 amide bonds. The van der Waals surface area contributed by atoms with Gasteiger partial charge < -0.3 is 0 Å². The fourth-order valence-corrected chi connectivity index (χ4v) is 0.797. The van der Waals surface area contributed by atoms with E-state index in [1.807, 2.05) is 6.92 Å². The quantitative estimate of drug-likeness (QED) is 0.444. The average Bonchev–Trinajstić information content (AvgIpc) is 1.88. The highest BCUT2D eigenvalue weighted by atomic mass is 16.1. The standard InChI is InChI=1S/C10H14O/c1-6-9(7(2)3)10(11)8(4)5/h6,9H,1-2,4H2,3,5H3/t9-/m1/s1. The van der Waals surface area contributed by atoms with Crippen LogP contribution in [0.1, 0.15) is 13.8 Å². The third-order valence-electron chi connectivity index (χ3n) is 1.47. The van der Waals surface area contributed by atoms with Crippen LogP contribution >= 0.6 is 0 Å². The van der Waals surface area contributed by atoms with Crippen LogP contribution in [-0.4, -0.2) is 5.78 Å².